The van der Waals surface area contributed by atoms with Crippen molar-refractivity contribution in [2.45, 2.75) is 6.42 Å². The maximum absolute atomic E-state index is 13.3. The summed E-state index contributed by atoms with van der Waals surface area (Å²) >= 11 is 5.56. The average molecular weight is 334 g/mol. The molecule has 116 valence electrons. The number of imide groups is 1. The maximum atomic E-state index is 13.3. The van der Waals surface area contributed by atoms with Crippen LogP contribution in [0.25, 0.3) is 0 Å². The minimum absolute atomic E-state index is 0.0672. The highest BCUT2D eigenvalue weighted by atomic mass is 35.5. The summed E-state index contributed by atoms with van der Waals surface area (Å²) in [6.07, 6.45) is -0.304. The van der Waals surface area contributed by atoms with E-state index in [1.807, 2.05) is 0 Å². The first-order valence-corrected chi connectivity index (χ1v) is 6.97. The van der Waals surface area contributed by atoms with Gasteiger partial charge in [0, 0.05) is 0 Å². The molecule has 1 aliphatic rings. The summed E-state index contributed by atoms with van der Waals surface area (Å²) in [7, 11) is 0. The van der Waals surface area contributed by atoms with Crippen LogP contribution in [0.1, 0.15) is 26.3 Å². The summed E-state index contributed by atoms with van der Waals surface area (Å²) in [5, 5.41) is 0.349. The summed E-state index contributed by atoms with van der Waals surface area (Å²) in [5.74, 6) is -2.94. The highest BCUT2D eigenvalue weighted by Crippen LogP contribution is 2.23. The smallest absolute Gasteiger partial charge is 0.329 e. The van der Waals surface area contributed by atoms with Crippen molar-refractivity contribution in [2.75, 3.05) is 0 Å². The number of amides is 2. The molecule has 1 heterocycles. The number of hydrogen-bond acceptors (Lipinski definition) is 4. The second kappa shape index (κ2) is 5.81. The third-order valence-electron chi connectivity index (χ3n) is 3.28. The Bertz CT molecular complexity index is 802. The molecule has 0 saturated carbocycles. The van der Waals surface area contributed by atoms with E-state index in [2.05, 4.69) is 0 Å². The fraction of sp³-hybridized carbons (Fsp3) is 0.0625. The van der Waals surface area contributed by atoms with Gasteiger partial charge in [-0.2, -0.15) is 0 Å². The van der Waals surface area contributed by atoms with Crippen LogP contribution in [0.5, 0.6) is 0 Å². The van der Waals surface area contributed by atoms with Crippen LogP contribution < -0.4 is 0 Å². The molecule has 0 unspecified atom stereocenters. The van der Waals surface area contributed by atoms with Gasteiger partial charge in [0.05, 0.1) is 22.6 Å². The van der Waals surface area contributed by atoms with E-state index in [0.717, 1.165) is 6.07 Å². The molecule has 3 rings (SSSR count). The molecule has 0 aliphatic carbocycles. The van der Waals surface area contributed by atoms with E-state index in [1.165, 1.54) is 24.3 Å². The number of hydroxylamine groups is 2. The van der Waals surface area contributed by atoms with Crippen LogP contribution >= 0.6 is 11.6 Å². The van der Waals surface area contributed by atoms with Gasteiger partial charge in [-0.15, -0.1) is 0 Å². The SMILES string of the molecule is O=C(Cc1ccc(Cl)c(F)c1)ON1C(=O)c2ccccc2C1=O. The molecule has 0 bridgehead atoms. The van der Waals surface area contributed by atoms with Gasteiger partial charge in [-0.1, -0.05) is 34.9 Å². The van der Waals surface area contributed by atoms with Crippen molar-refractivity contribution in [2.24, 2.45) is 0 Å². The minimum atomic E-state index is -0.860. The zero-order valence-corrected chi connectivity index (χ0v) is 12.3. The topological polar surface area (TPSA) is 63.7 Å². The Morgan fingerprint density at radius 2 is 1.70 bits per heavy atom. The molecule has 2 aromatic carbocycles. The average Bonchev–Trinajstić information content (AvgIpc) is 2.76. The first-order valence-electron chi connectivity index (χ1n) is 6.60. The highest BCUT2D eigenvalue weighted by Gasteiger charge is 2.38. The lowest BCUT2D eigenvalue weighted by Crippen LogP contribution is -2.33. The molecule has 0 atom stereocenters. The second-order valence-electron chi connectivity index (χ2n) is 4.84. The number of nitrogens with zero attached hydrogens (tertiary/aromatic N) is 1. The molecule has 0 fully saturated rings. The van der Waals surface area contributed by atoms with Crippen LogP contribution in [0.15, 0.2) is 42.5 Å². The van der Waals surface area contributed by atoms with Crippen LogP contribution in [0.4, 0.5) is 4.39 Å². The van der Waals surface area contributed by atoms with E-state index in [4.69, 9.17) is 16.4 Å². The molecular weight excluding hydrogens is 325 g/mol. The first kappa shape index (κ1) is 15.2. The van der Waals surface area contributed by atoms with E-state index in [0.29, 0.717) is 10.6 Å². The van der Waals surface area contributed by atoms with Gasteiger partial charge in [-0.3, -0.25) is 9.59 Å². The Labute approximate surface area is 135 Å². The molecule has 1 aliphatic heterocycles. The lowest BCUT2D eigenvalue weighted by molar-refractivity contribution is -0.167. The Hall–Kier alpha value is -2.73. The number of benzene rings is 2. The Balaban J connectivity index is 1.73. The fourth-order valence-corrected chi connectivity index (χ4v) is 2.32. The summed E-state index contributed by atoms with van der Waals surface area (Å²) in [6.45, 7) is 0. The first-order chi connectivity index (χ1) is 11.0. The molecule has 0 radical (unpaired) electrons. The fourth-order valence-electron chi connectivity index (χ4n) is 2.20. The van der Waals surface area contributed by atoms with Crippen molar-refractivity contribution in [1.29, 1.82) is 0 Å². The van der Waals surface area contributed by atoms with Crippen LogP contribution in [-0.2, 0) is 16.1 Å². The summed E-state index contributed by atoms with van der Waals surface area (Å²) < 4.78 is 13.3. The summed E-state index contributed by atoms with van der Waals surface area (Å²) in [4.78, 5) is 40.8. The van der Waals surface area contributed by atoms with Gasteiger partial charge in [0.1, 0.15) is 5.82 Å². The molecule has 0 aromatic heterocycles. The zero-order chi connectivity index (χ0) is 16.6. The minimum Gasteiger partial charge on any atom is -0.329 e. The van der Waals surface area contributed by atoms with Crippen molar-refractivity contribution in [1.82, 2.24) is 5.06 Å². The standard InChI is InChI=1S/C16H9ClFNO4/c17-12-6-5-9(7-13(12)18)8-14(20)23-19-15(21)10-3-1-2-4-11(10)16(19)22/h1-7H,8H2. The van der Waals surface area contributed by atoms with E-state index >= 15 is 0 Å². The quantitative estimate of drug-likeness (QED) is 0.810. The molecule has 0 N–H and O–H groups in total. The van der Waals surface area contributed by atoms with E-state index in [1.54, 1.807) is 12.1 Å². The van der Waals surface area contributed by atoms with Gasteiger partial charge in [-0.25, -0.2) is 9.18 Å². The summed E-state index contributed by atoms with van der Waals surface area (Å²) in [5.41, 5.74) is 0.652. The maximum Gasteiger partial charge on any atom is 0.337 e. The predicted octanol–water partition coefficient (Wildman–Crippen LogP) is 2.78. The Morgan fingerprint density at radius 1 is 1.09 bits per heavy atom. The van der Waals surface area contributed by atoms with Crippen molar-refractivity contribution >= 4 is 29.4 Å². The van der Waals surface area contributed by atoms with Crippen LogP contribution in [-0.4, -0.2) is 22.8 Å². The lowest BCUT2D eigenvalue weighted by atomic mass is 10.1. The summed E-state index contributed by atoms with van der Waals surface area (Å²) in [6, 6.07) is 10.00. The van der Waals surface area contributed by atoms with Crippen molar-refractivity contribution in [3.63, 3.8) is 0 Å². The van der Waals surface area contributed by atoms with Gasteiger partial charge in [0.25, 0.3) is 11.8 Å². The normalized spacial score (nSPS) is 13.2. The largest absolute Gasteiger partial charge is 0.337 e. The van der Waals surface area contributed by atoms with E-state index < -0.39 is 23.6 Å². The molecule has 23 heavy (non-hydrogen) atoms. The number of carbonyl (C=O) groups excluding carboxylic acids is 3. The molecule has 0 saturated heterocycles. The van der Waals surface area contributed by atoms with Gasteiger partial charge in [-0.05, 0) is 29.8 Å². The van der Waals surface area contributed by atoms with Gasteiger partial charge in [0.2, 0.25) is 0 Å². The number of fused-ring (bicyclic) bond motifs is 1. The molecular formula is C16H9ClFNO4. The van der Waals surface area contributed by atoms with E-state index in [-0.39, 0.29) is 22.6 Å². The van der Waals surface area contributed by atoms with Gasteiger partial charge < -0.3 is 4.84 Å². The van der Waals surface area contributed by atoms with Crippen LogP contribution in [0.2, 0.25) is 5.02 Å². The monoisotopic (exact) mass is 333 g/mol. The number of hydrogen-bond donors (Lipinski definition) is 0. The third-order valence-corrected chi connectivity index (χ3v) is 3.59. The van der Waals surface area contributed by atoms with Crippen LogP contribution in [0, 0.1) is 5.82 Å². The van der Waals surface area contributed by atoms with Crippen molar-refractivity contribution in [3.05, 3.63) is 70.0 Å². The molecule has 0 spiro atoms. The van der Waals surface area contributed by atoms with E-state index in [9.17, 15) is 18.8 Å². The number of carbonyl (C=O) groups is 3. The van der Waals surface area contributed by atoms with Gasteiger partial charge in [0.15, 0.2) is 0 Å². The Kier molecular flexibility index (Phi) is 3.83. The van der Waals surface area contributed by atoms with Crippen LogP contribution in [0.3, 0.4) is 0 Å². The van der Waals surface area contributed by atoms with Gasteiger partial charge >= 0.3 is 5.97 Å². The Morgan fingerprint density at radius 3 is 2.26 bits per heavy atom. The number of rotatable bonds is 3. The zero-order valence-electron chi connectivity index (χ0n) is 11.6. The molecule has 7 heteroatoms. The molecule has 5 nitrogen and oxygen atoms in total. The lowest BCUT2D eigenvalue weighted by Gasteiger charge is -2.12. The second-order valence-corrected chi connectivity index (χ2v) is 5.25. The number of halogens is 2. The molecule has 2 amide bonds. The highest BCUT2D eigenvalue weighted by molar-refractivity contribution is 6.30. The van der Waals surface area contributed by atoms with Crippen molar-refractivity contribution in [3.8, 4) is 0 Å². The van der Waals surface area contributed by atoms with Crippen molar-refractivity contribution < 1.29 is 23.6 Å². The molecule has 2 aromatic rings. The third kappa shape index (κ3) is 2.80. The predicted molar refractivity (Wildman–Crippen MR) is 78.1 cm³/mol.